The predicted octanol–water partition coefficient (Wildman–Crippen LogP) is 2.15. The number of hydrogen-bond donors (Lipinski definition) is 1. The number of nitro groups is 1. The van der Waals surface area contributed by atoms with Crippen molar-refractivity contribution in [1.29, 1.82) is 0 Å². The van der Waals surface area contributed by atoms with E-state index in [1.54, 1.807) is 19.9 Å². The number of carboxylic acids is 1. The van der Waals surface area contributed by atoms with Gasteiger partial charge in [0.05, 0.1) is 11.3 Å². The lowest BCUT2D eigenvalue weighted by molar-refractivity contribution is -0.386. The zero-order valence-electron chi connectivity index (χ0n) is 9.54. The summed E-state index contributed by atoms with van der Waals surface area (Å²) in [7, 11) is 0. The third-order valence-corrected chi connectivity index (χ3v) is 2.10. The smallest absolute Gasteiger partial charge is 0.310 e. The fourth-order valence-corrected chi connectivity index (χ4v) is 1.37. The number of nitro benzene ring substituents is 1. The second kappa shape index (κ2) is 5.29. The SMILES string of the molecule is Cc1ccc([N+](=O)[O-])c(O[C@@H](C)CC(=O)O)c1. The van der Waals surface area contributed by atoms with Crippen LogP contribution < -0.4 is 4.74 Å². The molecule has 0 aliphatic rings. The maximum atomic E-state index is 10.7. The summed E-state index contributed by atoms with van der Waals surface area (Å²) in [5.41, 5.74) is 0.654. The van der Waals surface area contributed by atoms with Gasteiger partial charge in [-0.05, 0) is 25.5 Å². The molecule has 92 valence electrons. The van der Waals surface area contributed by atoms with Gasteiger partial charge in [0, 0.05) is 6.07 Å². The second-order valence-corrected chi connectivity index (χ2v) is 3.75. The molecule has 0 heterocycles. The number of aliphatic carboxylic acids is 1. The highest BCUT2D eigenvalue weighted by Crippen LogP contribution is 2.28. The van der Waals surface area contributed by atoms with Gasteiger partial charge in [0.15, 0.2) is 5.75 Å². The first-order valence-electron chi connectivity index (χ1n) is 5.03. The van der Waals surface area contributed by atoms with E-state index < -0.39 is 17.0 Å². The molecule has 0 bridgehead atoms. The van der Waals surface area contributed by atoms with Gasteiger partial charge in [0.25, 0.3) is 0 Å². The van der Waals surface area contributed by atoms with Crippen LogP contribution >= 0.6 is 0 Å². The minimum atomic E-state index is -1.01. The highest BCUT2D eigenvalue weighted by molar-refractivity contribution is 5.67. The topological polar surface area (TPSA) is 89.7 Å². The molecular formula is C11H13NO5. The fourth-order valence-electron chi connectivity index (χ4n) is 1.37. The van der Waals surface area contributed by atoms with Crippen LogP contribution in [0.3, 0.4) is 0 Å². The van der Waals surface area contributed by atoms with E-state index in [2.05, 4.69) is 0 Å². The molecule has 0 aliphatic heterocycles. The maximum Gasteiger partial charge on any atom is 0.310 e. The van der Waals surface area contributed by atoms with Crippen molar-refractivity contribution in [3.63, 3.8) is 0 Å². The molecule has 0 unspecified atom stereocenters. The van der Waals surface area contributed by atoms with Crippen LogP contribution in [0, 0.1) is 17.0 Å². The zero-order valence-corrected chi connectivity index (χ0v) is 9.54. The van der Waals surface area contributed by atoms with E-state index in [1.165, 1.54) is 12.1 Å². The maximum absolute atomic E-state index is 10.7. The van der Waals surface area contributed by atoms with Crippen molar-refractivity contribution in [3.8, 4) is 5.75 Å². The molecule has 1 aromatic carbocycles. The molecule has 1 aromatic rings. The Morgan fingerprint density at radius 2 is 2.24 bits per heavy atom. The summed E-state index contributed by atoms with van der Waals surface area (Å²) in [5, 5.41) is 19.3. The molecule has 6 nitrogen and oxygen atoms in total. The van der Waals surface area contributed by atoms with E-state index in [-0.39, 0.29) is 17.9 Å². The monoisotopic (exact) mass is 239 g/mol. The van der Waals surface area contributed by atoms with Gasteiger partial charge in [-0.3, -0.25) is 14.9 Å². The third-order valence-electron chi connectivity index (χ3n) is 2.10. The number of benzene rings is 1. The van der Waals surface area contributed by atoms with Gasteiger partial charge in [-0.15, -0.1) is 0 Å². The van der Waals surface area contributed by atoms with Gasteiger partial charge in [-0.25, -0.2) is 0 Å². The molecule has 6 heteroatoms. The average molecular weight is 239 g/mol. The van der Waals surface area contributed by atoms with Crippen LogP contribution in [0.2, 0.25) is 0 Å². The minimum absolute atomic E-state index is 0.101. The summed E-state index contributed by atoms with van der Waals surface area (Å²) in [6, 6.07) is 4.47. The Bertz CT molecular complexity index is 443. The molecule has 0 amide bonds. The molecule has 1 atom stereocenters. The Kier molecular flexibility index (Phi) is 4.03. The quantitative estimate of drug-likeness (QED) is 0.628. The Morgan fingerprint density at radius 1 is 1.59 bits per heavy atom. The highest BCUT2D eigenvalue weighted by Gasteiger charge is 2.18. The normalized spacial score (nSPS) is 11.9. The summed E-state index contributed by atoms with van der Waals surface area (Å²) in [5.74, 6) is -0.906. The number of carboxylic acid groups (broad SMARTS) is 1. The number of aryl methyl sites for hydroxylation is 1. The van der Waals surface area contributed by atoms with Crippen LogP contribution in [0.15, 0.2) is 18.2 Å². The van der Waals surface area contributed by atoms with Gasteiger partial charge in [0.2, 0.25) is 0 Å². The predicted molar refractivity (Wildman–Crippen MR) is 60.2 cm³/mol. The Hall–Kier alpha value is -2.11. The Morgan fingerprint density at radius 3 is 2.76 bits per heavy atom. The Balaban J connectivity index is 2.92. The minimum Gasteiger partial charge on any atom is -0.483 e. The zero-order chi connectivity index (χ0) is 13.0. The van der Waals surface area contributed by atoms with Crippen molar-refractivity contribution in [1.82, 2.24) is 0 Å². The molecular weight excluding hydrogens is 226 g/mol. The second-order valence-electron chi connectivity index (χ2n) is 3.75. The van der Waals surface area contributed by atoms with Gasteiger partial charge in [0.1, 0.15) is 6.10 Å². The van der Waals surface area contributed by atoms with Crippen molar-refractivity contribution in [2.24, 2.45) is 0 Å². The van der Waals surface area contributed by atoms with Crippen LogP contribution in [0.5, 0.6) is 5.75 Å². The van der Waals surface area contributed by atoms with E-state index in [1.807, 2.05) is 0 Å². The van der Waals surface area contributed by atoms with E-state index in [9.17, 15) is 14.9 Å². The molecule has 0 aromatic heterocycles. The summed E-state index contributed by atoms with van der Waals surface area (Å²) >= 11 is 0. The van der Waals surface area contributed by atoms with Gasteiger partial charge < -0.3 is 9.84 Å². The molecule has 0 saturated heterocycles. The summed E-state index contributed by atoms with van der Waals surface area (Å²) in [4.78, 5) is 20.7. The van der Waals surface area contributed by atoms with Crippen molar-refractivity contribution < 1.29 is 19.6 Å². The lowest BCUT2D eigenvalue weighted by Crippen LogP contribution is -2.17. The number of rotatable bonds is 5. The molecule has 1 rings (SSSR count). The first-order valence-corrected chi connectivity index (χ1v) is 5.03. The van der Waals surface area contributed by atoms with Gasteiger partial charge in [-0.2, -0.15) is 0 Å². The molecule has 0 radical (unpaired) electrons. The van der Waals surface area contributed by atoms with Crippen LogP contribution in [0.1, 0.15) is 18.9 Å². The van der Waals surface area contributed by atoms with Crippen molar-refractivity contribution >= 4 is 11.7 Å². The van der Waals surface area contributed by atoms with Crippen molar-refractivity contribution in [3.05, 3.63) is 33.9 Å². The highest BCUT2D eigenvalue weighted by atomic mass is 16.6. The lowest BCUT2D eigenvalue weighted by Gasteiger charge is -2.12. The third kappa shape index (κ3) is 3.75. The van der Waals surface area contributed by atoms with Crippen molar-refractivity contribution in [2.45, 2.75) is 26.4 Å². The number of nitrogens with zero attached hydrogens (tertiary/aromatic N) is 1. The fraction of sp³-hybridized carbons (Fsp3) is 0.364. The lowest BCUT2D eigenvalue weighted by atomic mass is 10.2. The summed E-state index contributed by atoms with van der Waals surface area (Å²) < 4.78 is 5.28. The van der Waals surface area contributed by atoms with Crippen molar-refractivity contribution in [2.75, 3.05) is 0 Å². The van der Waals surface area contributed by atoms with E-state index in [0.717, 1.165) is 5.56 Å². The standard InChI is InChI=1S/C11H13NO5/c1-7-3-4-9(12(15)16)10(5-7)17-8(2)6-11(13)14/h3-5,8H,6H2,1-2H3,(H,13,14)/t8-/m0/s1. The number of carbonyl (C=O) groups is 1. The number of hydrogen-bond acceptors (Lipinski definition) is 4. The van der Waals surface area contributed by atoms with Gasteiger partial charge in [-0.1, -0.05) is 6.07 Å². The summed E-state index contributed by atoms with van der Waals surface area (Å²) in [6.45, 7) is 3.33. The van der Waals surface area contributed by atoms with Crippen LogP contribution in [0.25, 0.3) is 0 Å². The molecule has 0 aliphatic carbocycles. The molecule has 0 saturated carbocycles. The first-order chi connectivity index (χ1) is 7.90. The molecule has 0 spiro atoms. The molecule has 0 fully saturated rings. The molecule has 1 N–H and O–H groups in total. The average Bonchev–Trinajstić information content (AvgIpc) is 2.15. The molecule has 17 heavy (non-hydrogen) atoms. The largest absolute Gasteiger partial charge is 0.483 e. The van der Waals surface area contributed by atoms with Crippen LogP contribution in [-0.4, -0.2) is 22.1 Å². The van der Waals surface area contributed by atoms with Crippen LogP contribution in [-0.2, 0) is 4.79 Å². The van der Waals surface area contributed by atoms with E-state index in [0.29, 0.717) is 0 Å². The number of ether oxygens (including phenoxy) is 1. The summed E-state index contributed by atoms with van der Waals surface area (Å²) in [6.07, 6.45) is -0.821. The van der Waals surface area contributed by atoms with E-state index in [4.69, 9.17) is 9.84 Å². The van der Waals surface area contributed by atoms with E-state index >= 15 is 0 Å². The Labute approximate surface area is 98.0 Å². The van der Waals surface area contributed by atoms with Gasteiger partial charge >= 0.3 is 11.7 Å². The first kappa shape index (κ1) is 13.0. The van der Waals surface area contributed by atoms with Crippen LogP contribution in [0.4, 0.5) is 5.69 Å².